The van der Waals surface area contributed by atoms with Crippen molar-refractivity contribution in [3.63, 3.8) is 0 Å². The van der Waals surface area contributed by atoms with Crippen molar-refractivity contribution in [2.45, 2.75) is 6.92 Å². The first-order valence-corrected chi connectivity index (χ1v) is 11.8. The highest BCUT2D eigenvalue weighted by Gasteiger charge is 2.23. The number of pyridine rings is 1. The molecule has 5 heteroatoms. The van der Waals surface area contributed by atoms with Crippen LogP contribution in [0.2, 0.25) is 0 Å². The van der Waals surface area contributed by atoms with Crippen LogP contribution in [0.15, 0.2) is 93.8 Å². The van der Waals surface area contributed by atoms with Gasteiger partial charge in [-0.25, -0.2) is 8.96 Å². The summed E-state index contributed by atoms with van der Waals surface area (Å²) >= 11 is 0. The molecule has 0 aliphatic heterocycles. The van der Waals surface area contributed by atoms with Crippen LogP contribution < -0.4 is 4.57 Å². The maximum absolute atomic E-state index is 14.9. The Labute approximate surface area is 215 Å². The van der Waals surface area contributed by atoms with E-state index in [1.807, 2.05) is 61.5 Å². The topological polar surface area (TPSA) is 54.0 Å². The van der Waals surface area contributed by atoms with Crippen LogP contribution >= 0.6 is 0 Å². The highest BCUT2D eigenvalue weighted by molar-refractivity contribution is 6.14. The molecule has 4 nitrogen and oxygen atoms in total. The molecule has 0 N–H and O–H groups in total. The van der Waals surface area contributed by atoms with Crippen LogP contribution in [0.25, 0.3) is 66.3 Å². The van der Waals surface area contributed by atoms with Crippen LogP contribution in [0, 0.1) is 24.1 Å². The zero-order valence-electron chi connectivity index (χ0n) is 22.9. The molecule has 0 aliphatic rings. The number of rotatable bonds is 2. The molecule has 0 radical (unpaired) electrons. The number of hydrogen-bond donors (Lipinski definition) is 0. The van der Waals surface area contributed by atoms with Gasteiger partial charge in [0.1, 0.15) is 36.6 Å². The summed E-state index contributed by atoms with van der Waals surface area (Å²) in [6.07, 6.45) is -0.345. The Morgan fingerprint density at radius 2 is 1.70 bits per heavy atom. The van der Waals surface area contributed by atoms with Crippen LogP contribution in [0.4, 0.5) is 4.39 Å². The van der Waals surface area contributed by atoms with Gasteiger partial charge in [0.2, 0.25) is 5.69 Å². The van der Waals surface area contributed by atoms with Crippen LogP contribution in [-0.4, -0.2) is 0 Å². The van der Waals surface area contributed by atoms with Crippen molar-refractivity contribution in [3.05, 3.63) is 102 Å². The third-order valence-electron chi connectivity index (χ3n) is 6.90. The van der Waals surface area contributed by atoms with Crippen LogP contribution in [0.1, 0.15) is 15.2 Å². The number of para-hydroxylation sites is 1. The maximum atomic E-state index is 14.9. The molecule has 0 fully saturated rings. The normalized spacial score (nSPS) is 12.8. The molecule has 4 aromatic carbocycles. The van der Waals surface area contributed by atoms with Gasteiger partial charge >= 0.3 is 0 Å². The molecule has 7 rings (SSSR count). The van der Waals surface area contributed by atoms with Gasteiger partial charge in [-0.3, -0.25) is 0 Å². The Morgan fingerprint density at radius 3 is 2.57 bits per heavy atom. The highest BCUT2D eigenvalue weighted by Crippen LogP contribution is 2.42. The van der Waals surface area contributed by atoms with Crippen molar-refractivity contribution in [1.29, 1.82) is 5.26 Å². The Bertz CT molecular complexity index is 2230. The number of fused-ring (bicyclic) bond motifs is 6. The number of nitrogens with zero attached hydrogens (tertiary/aromatic N) is 2. The molecule has 0 saturated heterocycles. The van der Waals surface area contributed by atoms with E-state index in [1.165, 1.54) is 11.6 Å². The van der Waals surface area contributed by atoms with Crippen molar-refractivity contribution in [2.24, 2.45) is 7.05 Å². The van der Waals surface area contributed by atoms with E-state index in [0.29, 0.717) is 44.2 Å². The average Bonchev–Trinajstić information content (AvgIpc) is 3.53. The van der Waals surface area contributed by atoms with Crippen LogP contribution in [0.5, 0.6) is 0 Å². The van der Waals surface area contributed by atoms with Gasteiger partial charge in [0.15, 0.2) is 6.17 Å². The quantitative estimate of drug-likeness (QED) is 0.233. The van der Waals surface area contributed by atoms with E-state index in [-0.39, 0.29) is 11.9 Å². The Morgan fingerprint density at radius 1 is 0.892 bits per heavy atom. The molecule has 0 unspecified atom stereocenters. The van der Waals surface area contributed by atoms with E-state index in [4.69, 9.17) is 12.9 Å². The number of aryl methyl sites for hydroxylation is 1. The van der Waals surface area contributed by atoms with Gasteiger partial charge in [-0.05, 0) is 48.4 Å². The third-order valence-corrected chi connectivity index (χ3v) is 6.90. The largest absolute Gasteiger partial charge is 0.456 e. The fourth-order valence-electron chi connectivity index (χ4n) is 5.14. The lowest BCUT2D eigenvalue weighted by atomic mass is 9.97. The predicted octanol–water partition coefficient (Wildman–Crippen LogP) is 7.96. The monoisotopic (exact) mass is 486 g/mol. The Kier molecular flexibility index (Phi) is 3.85. The molecule has 0 spiro atoms. The average molecular weight is 487 g/mol. The number of aromatic nitrogens is 1. The molecule has 0 amide bonds. The minimum absolute atomic E-state index is 0.145. The number of nitriles is 1. The van der Waals surface area contributed by atoms with Gasteiger partial charge < -0.3 is 8.83 Å². The van der Waals surface area contributed by atoms with E-state index < -0.39 is 17.9 Å². The highest BCUT2D eigenvalue weighted by atomic mass is 19.1. The Hall–Kier alpha value is -4.95. The summed E-state index contributed by atoms with van der Waals surface area (Å²) in [4.78, 5) is 0. The van der Waals surface area contributed by atoms with E-state index in [9.17, 15) is 9.65 Å². The summed E-state index contributed by atoms with van der Waals surface area (Å²) < 4.78 is 53.4. The minimum atomic E-state index is -1.06. The second-order valence-electron chi connectivity index (χ2n) is 9.14. The first-order chi connectivity index (χ1) is 19.3. The van der Waals surface area contributed by atoms with E-state index >= 15 is 0 Å². The second kappa shape index (κ2) is 7.78. The summed E-state index contributed by atoms with van der Waals surface area (Å²) in [6.45, 7) is 1.83. The summed E-state index contributed by atoms with van der Waals surface area (Å²) in [6, 6.07) is 22.1. The van der Waals surface area contributed by atoms with E-state index in [2.05, 4.69) is 6.07 Å². The van der Waals surface area contributed by atoms with Gasteiger partial charge in [0.05, 0.1) is 19.9 Å². The van der Waals surface area contributed by atoms with Gasteiger partial charge in [0, 0.05) is 39.2 Å². The van der Waals surface area contributed by atoms with Gasteiger partial charge in [-0.15, -0.1) is 0 Å². The predicted molar refractivity (Wildman–Crippen MR) is 142 cm³/mol. The lowest BCUT2D eigenvalue weighted by Crippen LogP contribution is -2.30. The van der Waals surface area contributed by atoms with Crippen molar-refractivity contribution in [2.75, 3.05) is 0 Å². The molecule has 7 aromatic rings. The summed E-state index contributed by atoms with van der Waals surface area (Å²) in [7, 11) is 1.54. The molecule has 37 heavy (non-hydrogen) atoms. The lowest BCUT2D eigenvalue weighted by molar-refractivity contribution is -0.660. The molecule has 3 heterocycles. The number of halogens is 1. The van der Waals surface area contributed by atoms with Crippen molar-refractivity contribution in [1.82, 2.24) is 0 Å². The maximum Gasteiger partial charge on any atom is 0.219 e. The summed E-state index contributed by atoms with van der Waals surface area (Å²) in [5.74, 6) is -1.06. The molecule has 0 saturated carbocycles. The fraction of sp³-hybridized carbons (Fsp3) is 0.0625. The van der Waals surface area contributed by atoms with E-state index in [0.717, 1.165) is 27.5 Å². The van der Waals surface area contributed by atoms with Gasteiger partial charge in [-0.1, -0.05) is 36.4 Å². The van der Waals surface area contributed by atoms with E-state index in [1.54, 1.807) is 12.1 Å². The molecule has 0 atom stereocenters. The summed E-state index contributed by atoms with van der Waals surface area (Å²) in [5, 5.41) is 13.3. The lowest BCUT2D eigenvalue weighted by Gasteiger charge is -2.05. The van der Waals surface area contributed by atoms with Crippen LogP contribution in [-0.2, 0) is 7.05 Å². The third kappa shape index (κ3) is 3.16. The smallest absolute Gasteiger partial charge is 0.219 e. The molecule has 176 valence electrons. The molecule has 3 aromatic heterocycles. The molecule has 0 aliphatic carbocycles. The summed E-state index contributed by atoms with van der Waals surface area (Å²) in [5.41, 5.74) is 5.72. The molecular weight excluding hydrogens is 463 g/mol. The second-order valence-corrected chi connectivity index (χ2v) is 9.14. The number of furan rings is 2. The first kappa shape index (κ1) is 18.3. The van der Waals surface area contributed by atoms with Crippen molar-refractivity contribution in [3.8, 4) is 28.5 Å². The molecule has 0 bridgehead atoms. The minimum Gasteiger partial charge on any atom is -0.456 e. The zero-order valence-corrected chi connectivity index (χ0v) is 19.9. The van der Waals surface area contributed by atoms with Crippen molar-refractivity contribution >= 4 is 43.9 Å². The van der Waals surface area contributed by atoms with Crippen molar-refractivity contribution < 1.29 is 21.9 Å². The van der Waals surface area contributed by atoms with Gasteiger partial charge in [-0.2, -0.15) is 5.26 Å². The standard InChI is InChI=1S/C32H20FN2O2/c1-18-7-9-24-26-14-19(17-34)13-25(20-8-10-23-22-5-3-4-6-28(22)36-29(23)15-20)31(26)37-32(24)30(18)27-16-21(33)11-12-35(27)2/h3-16H,1-2H3/q+1/i11D,12D,16D. The molecular formula is C32H20FN2O2+. The first-order valence-electron chi connectivity index (χ1n) is 13.3. The number of hydrogen-bond acceptors (Lipinski definition) is 3. The SMILES string of the molecule is [2H]c1c(F)c([2H])c(-c2c(C)ccc3c2oc2c(-c4ccc5c(c4)oc4ccccc45)cc(C#N)cc23)[n+](C)c1[2H]. The van der Waals surface area contributed by atoms with Crippen LogP contribution in [0.3, 0.4) is 0 Å². The zero-order chi connectivity index (χ0) is 27.9. The number of benzene rings is 4. The van der Waals surface area contributed by atoms with Gasteiger partial charge in [0.25, 0.3) is 0 Å². The Balaban J connectivity index is 1.56. The fourth-order valence-corrected chi connectivity index (χ4v) is 5.14.